The number of hydrogen-bond acceptors (Lipinski definition) is 5. The van der Waals surface area contributed by atoms with Gasteiger partial charge in [-0.05, 0) is 54.8 Å². The Morgan fingerprint density at radius 1 is 1.10 bits per heavy atom. The molecule has 0 bridgehead atoms. The number of nitrogens with zero attached hydrogens (tertiary/aromatic N) is 1. The van der Waals surface area contributed by atoms with Gasteiger partial charge in [-0.25, -0.2) is 0 Å². The molecule has 1 amide bonds. The second-order valence-corrected chi connectivity index (χ2v) is 7.54. The van der Waals surface area contributed by atoms with Crippen LogP contribution in [-0.4, -0.2) is 46.1 Å². The van der Waals surface area contributed by atoms with Gasteiger partial charge in [-0.15, -0.1) is 0 Å². The van der Waals surface area contributed by atoms with Crippen LogP contribution in [-0.2, 0) is 15.1 Å². The van der Waals surface area contributed by atoms with Crippen LogP contribution in [0.2, 0.25) is 0 Å². The number of aromatic nitrogens is 1. The maximum atomic E-state index is 13.1. The van der Waals surface area contributed by atoms with Crippen LogP contribution in [0, 0.1) is 0 Å². The van der Waals surface area contributed by atoms with Gasteiger partial charge in [0.15, 0.2) is 0 Å². The zero-order valence-corrected chi connectivity index (χ0v) is 16.5. The number of aliphatic carboxylic acids is 1. The van der Waals surface area contributed by atoms with E-state index in [1.165, 1.54) is 0 Å². The van der Waals surface area contributed by atoms with E-state index in [0.717, 1.165) is 24.1 Å². The van der Waals surface area contributed by atoms with E-state index in [0.29, 0.717) is 24.3 Å². The second kappa shape index (κ2) is 7.37. The lowest BCUT2D eigenvalue weighted by Crippen LogP contribution is -2.44. The number of carbonyl (C=O) groups is 3. The molecule has 1 aliphatic carbocycles. The van der Waals surface area contributed by atoms with Gasteiger partial charge >= 0.3 is 5.97 Å². The first-order valence-corrected chi connectivity index (χ1v) is 9.74. The van der Waals surface area contributed by atoms with E-state index in [1.807, 2.05) is 28.8 Å². The smallest absolute Gasteiger partial charge is 0.322 e. The van der Waals surface area contributed by atoms with Gasteiger partial charge in [-0.2, -0.15) is 0 Å². The number of nitrogens with one attached hydrogen (secondary N) is 1. The largest absolute Gasteiger partial charge is 0.509 e. The lowest BCUT2D eigenvalue weighted by Gasteiger charge is -2.38. The molecule has 0 unspecified atom stereocenters. The zero-order valence-electron chi connectivity index (χ0n) is 16.5. The van der Waals surface area contributed by atoms with Gasteiger partial charge in [0.1, 0.15) is 29.2 Å². The molecule has 1 fully saturated rings. The Bertz CT molecular complexity index is 1060. The lowest BCUT2D eigenvalue weighted by atomic mass is 9.84. The minimum Gasteiger partial charge on any atom is -0.509 e. The molecule has 4 rings (SSSR count). The maximum absolute atomic E-state index is 13.1. The Labute approximate surface area is 172 Å². The number of amides is 1. The molecule has 0 radical (unpaired) electrons. The fraction of sp³-hybridized carbons (Fsp3) is 0.318. The van der Waals surface area contributed by atoms with E-state index in [4.69, 9.17) is 9.84 Å². The SMILES string of the molecule is COc1ccc(-c2ccc3n2C2(CCCC2)C(O)=C(C(=O)NCC(=O)O)C3=O)cc1. The molecule has 156 valence electrons. The number of aliphatic hydroxyl groups is 1. The Hall–Kier alpha value is -3.55. The number of ketones is 1. The summed E-state index contributed by atoms with van der Waals surface area (Å²) in [6, 6.07) is 10.9. The molecule has 1 aromatic carbocycles. The zero-order chi connectivity index (χ0) is 21.5. The fourth-order valence-corrected chi connectivity index (χ4v) is 4.51. The predicted molar refractivity (Wildman–Crippen MR) is 107 cm³/mol. The summed E-state index contributed by atoms with van der Waals surface area (Å²) in [7, 11) is 1.58. The molecular weight excluding hydrogens is 388 g/mol. The summed E-state index contributed by atoms with van der Waals surface area (Å²) in [4.78, 5) is 36.5. The molecule has 1 saturated carbocycles. The van der Waals surface area contributed by atoms with Crippen molar-refractivity contribution >= 4 is 17.7 Å². The van der Waals surface area contributed by atoms with Crippen molar-refractivity contribution in [3.8, 4) is 17.0 Å². The first-order chi connectivity index (χ1) is 14.4. The van der Waals surface area contributed by atoms with Crippen molar-refractivity contribution in [3.63, 3.8) is 0 Å². The molecule has 2 aromatic rings. The minimum absolute atomic E-state index is 0.286. The highest BCUT2D eigenvalue weighted by atomic mass is 16.5. The number of ether oxygens (including phenoxy) is 1. The van der Waals surface area contributed by atoms with Gasteiger partial charge in [-0.3, -0.25) is 14.4 Å². The van der Waals surface area contributed by atoms with Crippen LogP contribution in [0.5, 0.6) is 5.75 Å². The second-order valence-electron chi connectivity index (χ2n) is 7.54. The van der Waals surface area contributed by atoms with Gasteiger partial charge in [0, 0.05) is 5.69 Å². The van der Waals surface area contributed by atoms with Gasteiger partial charge in [0.2, 0.25) is 5.78 Å². The van der Waals surface area contributed by atoms with Crippen LogP contribution in [0.3, 0.4) is 0 Å². The summed E-state index contributed by atoms with van der Waals surface area (Å²) in [6.45, 7) is -0.631. The molecule has 30 heavy (non-hydrogen) atoms. The number of hydrogen-bond donors (Lipinski definition) is 3. The third-order valence-electron chi connectivity index (χ3n) is 5.89. The Kier molecular flexibility index (Phi) is 4.85. The molecule has 1 aromatic heterocycles. The van der Waals surface area contributed by atoms with Crippen LogP contribution in [0.1, 0.15) is 36.2 Å². The Balaban J connectivity index is 1.84. The van der Waals surface area contributed by atoms with E-state index in [9.17, 15) is 19.5 Å². The topological polar surface area (TPSA) is 118 Å². The van der Waals surface area contributed by atoms with Gasteiger partial charge in [0.05, 0.1) is 12.8 Å². The summed E-state index contributed by atoms with van der Waals surface area (Å²) in [6.07, 6.45) is 2.82. The van der Waals surface area contributed by atoms with Gasteiger partial charge in [-0.1, -0.05) is 12.8 Å². The number of carboxylic acids is 1. The third-order valence-corrected chi connectivity index (χ3v) is 5.89. The van der Waals surface area contributed by atoms with E-state index < -0.39 is 29.7 Å². The van der Waals surface area contributed by atoms with Crippen molar-refractivity contribution in [1.82, 2.24) is 9.88 Å². The summed E-state index contributed by atoms with van der Waals surface area (Å²) < 4.78 is 7.05. The van der Waals surface area contributed by atoms with Crippen molar-refractivity contribution in [2.45, 2.75) is 31.2 Å². The van der Waals surface area contributed by atoms with Crippen molar-refractivity contribution < 1.29 is 29.3 Å². The highest BCUT2D eigenvalue weighted by molar-refractivity contribution is 6.26. The molecule has 0 atom stereocenters. The van der Waals surface area contributed by atoms with Crippen molar-refractivity contribution in [2.75, 3.05) is 13.7 Å². The molecule has 1 aliphatic heterocycles. The van der Waals surface area contributed by atoms with Crippen LogP contribution in [0.15, 0.2) is 47.7 Å². The van der Waals surface area contributed by atoms with E-state index >= 15 is 0 Å². The maximum Gasteiger partial charge on any atom is 0.322 e. The van der Waals surface area contributed by atoms with Crippen LogP contribution in [0.25, 0.3) is 11.3 Å². The number of allylic oxidation sites excluding steroid dienone is 1. The molecule has 8 heteroatoms. The minimum atomic E-state index is -1.23. The highest BCUT2D eigenvalue weighted by Gasteiger charge is 2.50. The van der Waals surface area contributed by atoms with Crippen molar-refractivity contribution in [3.05, 3.63) is 53.4 Å². The predicted octanol–water partition coefficient (Wildman–Crippen LogP) is 2.64. The third kappa shape index (κ3) is 2.96. The highest BCUT2D eigenvalue weighted by Crippen LogP contribution is 2.49. The summed E-state index contributed by atoms with van der Waals surface area (Å²) in [5, 5.41) is 22.2. The summed E-state index contributed by atoms with van der Waals surface area (Å²) in [5.74, 6) is -2.30. The number of Topliss-reactive ketones (excluding diaryl/α,β-unsaturated/α-hetero) is 1. The van der Waals surface area contributed by atoms with Gasteiger partial charge < -0.3 is 24.8 Å². The Morgan fingerprint density at radius 3 is 2.33 bits per heavy atom. The van der Waals surface area contributed by atoms with Crippen LogP contribution >= 0.6 is 0 Å². The molecule has 1 spiro atoms. The van der Waals surface area contributed by atoms with Crippen LogP contribution in [0.4, 0.5) is 0 Å². The number of carbonyl (C=O) groups excluding carboxylic acids is 2. The first-order valence-electron chi connectivity index (χ1n) is 9.74. The number of fused-ring (bicyclic) bond motifs is 2. The molecule has 2 aliphatic rings. The van der Waals surface area contributed by atoms with Crippen molar-refractivity contribution in [1.29, 1.82) is 0 Å². The van der Waals surface area contributed by atoms with Gasteiger partial charge in [0.25, 0.3) is 5.91 Å². The number of benzene rings is 1. The lowest BCUT2D eigenvalue weighted by molar-refractivity contribution is -0.137. The standard InChI is InChI=1S/C22H22N2O6/c1-30-14-6-4-13(5-7-14)15-8-9-16-19(27)18(21(29)23-12-17(25)26)20(28)22(24(15)16)10-2-3-11-22/h4-9,28H,2-3,10-12H2,1H3,(H,23,29)(H,25,26). The molecule has 2 heterocycles. The first kappa shape index (κ1) is 19.8. The van der Waals surface area contributed by atoms with E-state index in [-0.39, 0.29) is 11.3 Å². The normalized spacial score (nSPS) is 17.2. The quantitative estimate of drug-likeness (QED) is 0.652. The molecular formula is C22H22N2O6. The number of aliphatic hydroxyl groups excluding tert-OH is 1. The number of methoxy groups -OCH3 is 1. The monoisotopic (exact) mass is 410 g/mol. The van der Waals surface area contributed by atoms with Crippen LogP contribution < -0.4 is 10.1 Å². The molecule has 0 saturated heterocycles. The average Bonchev–Trinajstić information content (AvgIpc) is 3.39. The summed E-state index contributed by atoms with van der Waals surface area (Å²) >= 11 is 0. The average molecular weight is 410 g/mol. The van der Waals surface area contributed by atoms with Crippen molar-refractivity contribution in [2.24, 2.45) is 0 Å². The molecule has 3 N–H and O–H groups in total. The summed E-state index contributed by atoms with van der Waals surface area (Å²) in [5.41, 5.74) is 0.649. The number of carboxylic acid groups (broad SMARTS) is 1. The van der Waals surface area contributed by atoms with E-state index in [2.05, 4.69) is 5.32 Å². The Morgan fingerprint density at radius 2 is 1.73 bits per heavy atom. The number of rotatable bonds is 5. The molecule has 8 nitrogen and oxygen atoms in total. The fourth-order valence-electron chi connectivity index (χ4n) is 4.51. The van der Waals surface area contributed by atoms with E-state index in [1.54, 1.807) is 19.2 Å².